The second-order valence-corrected chi connectivity index (χ2v) is 8.75. The predicted octanol–water partition coefficient (Wildman–Crippen LogP) is 2.76. The molecule has 4 rings (SSSR count). The lowest BCUT2D eigenvalue weighted by molar-refractivity contribution is -0.119. The Labute approximate surface area is 162 Å². The molecule has 8 heteroatoms. The van der Waals surface area contributed by atoms with Gasteiger partial charge in [0.05, 0.1) is 24.5 Å². The fourth-order valence-electron chi connectivity index (χ4n) is 4.12. The molecule has 0 spiro atoms. The van der Waals surface area contributed by atoms with Gasteiger partial charge in [-0.2, -0.15) is 11.8 Å². The Morgan fingerprint density at radius 3 is 3.04 bits per heavy atom. The summed E-state index contributed by atoms with van der Waals surface area (Å²) in [5.74, 6) is 0.660. The van der Waals surface area contributed by atoms with Gasteiger partial charge in [0.15, 0.2) is 0 Å². The molecule has 0 aromatic heterocycles. The minimum Gasteiger partial charge on any atom is -0.442 e. The van der Waals surface area contributed by atoms with Crippen LogP contribution in [0.4, 0.5) is 20.6 Å². The molecule has 2 amide bonds. The standard InChI is InChI=1S/C19H24FN3O3S/c1-12(24)21-10-15-11-23(19(25)26-15)13-2-3-18(17(20)9-13)22-6-4-16-8-14(22)5-7-27-16/h2-3,9,14-16H,4-8,10-11H2,1H3,(H,21,24). The third-order valence-electron chi connectivity index (χ3n) is 5.48. The Morgan fingerprint density at radius 1 is 1.41 bits per heavy atom. The number of hydrogen-bond acceptors (Lipinski definition) is 5. The molecule has 3 saturated heterocycles. The summed E-state index contributed by atoms with van der Waals surface area (Å²) in [5.41, 5.74) is 1.11. The summed E-state index contributed by atoms with van der Waals surface area (Å²) in [6.07, 6.45) is 2.36. The first-order chi connectivity index (χ1) is 13.0. The predicted molar refractivity (Wildman–Crippen MR) is 104 cm³/mol. The van der Waals surface area contributed by atoms with E-state index in [-0.39, 0.29) is 18.3 Å². The average Bonchev–Trinajstić information content (AvgIpc) is 3.02. The monoisotopic (exact) mass is 393 g/mol. The van der Waals surface area contributed by atoms with Crippen LogP contribution in [0, 0.1) is 5.82 Å². The molecule has 0 aliphatic carbocycles. The number of benzene rings is 1. The molecule has 2 bridgehead atoms. The largest absolute Gasteiger partial charge is 0.442 e. The van der Waals surface area contributed by atoms with Gasteiger partial charge >= 0.3 is 6.09 Å². The first kappa shape index (κ1) is 18.4. The number of fused-ring (bicyclic) bond motifs is 2. The molecule has 3 atom stereocenters. The van der Waals surface area contributed by atoms with E-state index in [2.05, 4.69) is 10.2 Å². The number of cyclic esters (lactones) is 1. The van der Waals surface area contributed by atoms with E-state index in [1.54, 1.807) is 12.1 Å². The fraction of sp³-hybridized carbons (Fsp3) is 0.579. The number of nitrogens with one attached hydrogen (secondary N) is 1. The number of rotatable bonds is 4. The number of piperidine rings is 1. The molecule has 3 aliphatic rings. The van der Waals surface area contributed by atoms with E-state index >= 15 is 0 Å². The van der Waals surface area contributed by atoms with Crippen molar-refractivity contribution in [3.05, 3.63) is 24.0 Å². The maximum Gasteiger partial charge on any atom is 0.414 e. The minimum absolute atomic E-state index is 0.176. The zero-order valence-corrected chi connectivity index (χ0v) is 16.1. The smallest absolute Gasteiger partial charge is 0.414 e. The lowest BCUT2D eigenvalue weighted by atomic mass is 9.97. The van der Waals surface area contributed by atoms with Crippen LogP contribution in [0.25, 0.3) is 0 Å². The normalized spacial score (nSPS) is 27.5. The van der Waals surface area contributed by atoms with E-state index in [0.29, 0.717) is 29.2 Å². The SMILES string of the molecule is CC(=O)NCC1CN(c2ccc(N3CCC4CC3CCS4)c(F)c2)C(=O)O1. The van der Waals surface area contributed by atoms with Crippen LogP contribution in [-0.4, -0.2) is 54.8 Å². The van der Waals surface area contributed by atoms with Crippen LogP contribution < -0.4 is 15.1 Å². The Balaban J connectivity index is 1.47. The fourth-order valence-corrected chi connectivity index (χ4v) is 5.49. The van der Waals surface area contributed by atoms with E-state index in [9.17, 15) is 14.0 Å². The van der Waals surface area contributed by atoms with Crippen molar-refractivity contribution < 1.29 is 18.7 Å². The van der Waals surface area contributed by atoms with Gasteiger partial charge in [0.2, 0.25) is 5.91 Å². The Hall–Kier alpha value is -1.96. The number of halogens is 1. The first-order valence-corrected chi connectivity index (χ1v) is 10.5. The van der Waals surface area contributed by atoms with Crippen LogP contribution >= 0.6 is 11.8 Å². The lowest BCUT2D eigenvalue weighted by Gasteiger charge is -2.44. The van der Waals surface area contributed by atoms with Crippen molar-refractivity contribution in [3.63, 3.8) is 0 Å². The highest BCUT2D eigenvalue weighted by molar-refractivity contribution is 7.99. The van der Waals surface area contributed by atoms with Crippen LogP contribution in [0.15, 0.2) is 18.2 Å². The maximum atomic E-state index is 14.9. The summed E-state index contributed by atoms with van der Waals surface area (Å²) in [5, 5.41) is 3.35. The molecule has 146 valence electrons. The van der Waals surface area contributed by atoms with Gasteiger partial charge in [-0.05, 0) is 43.2 Å². The molecule has 3 aliphatic heterocycles. The Morgan fingerprint density at radius 2 is 2.26 bits per heavy atom. The Kier molecular flexibility index (Phi) is 5.16. The highest BCUT2D eigenvalue weighted by Gasteiger charge is 2.35. The van der Waals surface area contributed by atoms with Gasteiger partial charge in [-0.15, -0.1) is 0 Å². The van der Waals surface area contributed by atoms with E-state index in [0.717, 1.165) is 31.6 Å². The van der Waals surface area contributed by atoms with Crippen LogP contribution in [0.5, 0.6) is 0 Å². The number of nitrogens with zero attached hydrogens (tertiary/aromatic N) is 2. The molecular formula is C19H24FN3O3S. The maximum absolute atomic E-state index is 14.9. The van der Waals surface area contributed by atoms with Crippen molar-refractivity contribution >= 4 is 35.1 Å². The molecule has 1 aromatic carbocycles. The second-order valence-electron chi connectivity index (χ2n) is 7.34. The van der Waals surface area contributed by atoms with Gasteiger partial charge in [-0.25, -0.2) is 9.18 Å². The van der Waals surface area contributed by atoms with Crippen molar-refractivity contribution in [1.82, 2.24) is 5.32 Å². The van der Waals surface area contributed by atoms with Gasteiger partial charge in [-0.3, -0.25) is 9.69 Å². The van der Waals surface area contributed by atoms with Crippen molar-refractivity contribution in [1.29, 1.82) is 0 Å². The molecule has 6 nitrogen and oxygen atoms in total. The summed E-state index contributed by atoms with van der Waals surface area (Å²) in [7, 11) is 0. The first-order valence-electron chi connectivity index (χ1n) is 9.41. The van der Waals surface area contributed by atoms with Gasteiger partial charge in [0.25, 0.3) is 0 Å². The van der Waals surface area contributed by atoms with Crippen LogP contribution in [0.2, 0.25) is 0 Å². The number of hydrogen-bond donors (Lipinski definition) is 1. The summed E-state index contributed by atoms with van der Waals surface area (Å²) in [6, 6.07) is 5.39. The second kappa shape index (κ2) is 7.58. The number of carbonyl (C=O) groups is 2. The number of carbonyl (C=O) groups excluding carboxylic acids is 2. The molecule has 3 fully saturated rings. The molecule has 27 heavy (non-hydrogen) atoms. The van der Waals surface area contributed by atoms with E-state index in [4.69, 9.17) is 4.74 Å². The summed E-state index contributed by atoms with van der Waals surface area (Å²) < 4.78 is 20.2. The van der Waals surface area contributed by atoms with Gasteiger partial charge in [0, 0.05) is 24.8 Å². The molecule has 3 unspecified atom stereocenters. The zero-order chi connectivity index (χ0) is 19.0. The molecule has 3 heterocycles. The van der Waals surface area contributed by atoms with Gasteiger partial charge in [-0.1, -0.05) is 0 Å². The van der Waals surface area contributed by atoms with E-state index in [1.165, 1.54) is 17.9 Å². The van der Waals surface area contributed by atoms with E-state index in [1.807, 2.05) is 11.8 Å². The molecule has 1 N–H and O–H groups in total. The van der Waals surface area contributed by atoms with Crippen molar-refractivity contribution in [2.45, 2.75) is 43.6 Å². The summed E-state index contributed by atoms with van der Waals surface area (Å²) in [4.78, 5) is 26.8. The van der Waals surface area contributed by atoms with Gasteiger partial charge in [0.1, 0.15) is 11.9 Å². The number of amides is 2. The quantitative estimate of drug-likeness (QED) is 0.852. The number of anilines is 2. The third kappa shape index (κ3) is 3.85. The number of thioether (sulfide) groups is 1. The third-order valence-corrected chi connectivity index (χ3v) is 6.85. The average molecular weight is 393 g/mol. The molecule has 0 radical (unpaired) electrons. The highest BCUT2D eigenvalue weighted by atomic mass is 32.2. The van der Waals surface area contributed by atoms with E-state index < -0.39 is 12.2 Å². The van der Waals surface area contributed by atoms with Gasteiger partial charge < -0.3 is 15.0 Å². The minimum atomic E-state index is -0.511. The summed E-state index contributed by atoms with van der Waals surface area (Å²) >= 11 is 2.04. The molecule has 0 saturated carbocycles. The topological polar surface area (TPSA) is 61.9 Å². The zero-order valence-electron chi connectivity index (χ0n) is 15.3. The van der Waals surface area contributed by atoms with Crippen LogP contribution in [-0.2, 0) is 9.53 Å². The number of ether oxygens (including phenoxy) is 1. The lowest BCUT2D eigenvalue weighted by Crippen LogP contribution is -2.46. The van der Waals surface area contributed by atoms with Crippen molar-refractivity contribution in [2.75, 3.05) is 35.2 Å². The van der Waals surface area contributed by atoms with Crippen LogP contribution in [0.3, 0.4) is 0 Å². The molecular weight excluding hydrogens is 369 g/mol. The Bertz CT molecular complexity index is 747. The van der Waals surface area contributed by atoms with Crippen molar-refractivity contribution in [2.24, 2.45) is 0 Å². The van der Waals surface area contributed by atoms with Crippen molar-refractivity contribution in [3.8, 4) is 0 Å². The molecule has 1 aromatic rings. The van der Waals surface area contributed by atoms with Crippen LogP contribution in [0.1, 0.15) is 26.2 Å². The highest BCUT2D eigenvalue weighted by Crippen LogP contribution is 2.38. The summed E-state index contributed by atoms with van der Waals surface area (Å²) in [6.45, 7) is 2.84.